The number of aryl methyl sites for hydroxylation is 1. The molecule has 0 spiro atoms. The standard InChI is InChI=1S/C29H45N5O4.C3H8.C2H6/c1-18(27(37)38)13-14-33(9)26(36)24(28(2,3)4)32-25(35)23(31-8)29(5,6)21-17-34(10)22-15-19(16-30-7)11-12-20(21)22;1-3-2;1-2/h11-13,15,17,23-24,30-31H,14,16H2,1-10H3,(H,32,35)(H,37,38);3H2,1-2H3;1-2H3/b18-13+;;. The van der Waals surface area contributed by atoms with Gasteiger partial charge in [0.2, 0.25) is 11.8 Å². The molecular weight excluding hydrogens is 542 g/mol. The Labute approximate surface area is 260 Å². The molecule has 244 valence electrons. The van der Waals surface area contributed by atoms with Crippen molar-refractivity contribution in [2.45, 2.75) is 99.7 Å². The lowest BCUT2D eigenvalue weighted by molar-refractivity contribution is -0.139. The third-order valence-corrected chi connectivity index (χ3v) is 7.19. The SMILES string of the molecule is CC.CCC.CNCc1ccc2c(C(C)(C)C(NC)C(=O)NC(C(=O)N(C)C/C=C(\C)C(=O)O)C(C)(C)C)cn(C)c2c1. The van der Waals surface area contributed by atoms with E-state index in [0.29, 0.717) is 0 Å². The van der Waals surface area contributed by atoms with Gasteiger partial charge in [-0.2, -0.15) is 0 Å². The van der Waals surface area contributed by atoms with Gasteiger partial charge >= 0.3 is 5.97 Å². The second kappa shape index (κ2) is 17.8. The van der Waals surface area contributed by atoms with Gasteiger partial charge in [-0.05, 0) is 43.6 Å². The predicted octanol–water partition coefficient (Wildman–Crippen LogP) is 5.23. The van der Waals surface area contributed by atoms with E-state index in [2.05, 4.69) is 58.8 Å². The molecular formula is C34H59N5O4. The summed E-state index contributed by atoms with van der Waals surface area (Å²) in [7, 11) is 7.28. The number of nitrogens with zero attached hydrogens (tertiary/aromatic N) is 2. The number of aliphatic carboxylic acids is 1. The van der Waals surface area contributed by atoms with Gasteiger partial charge in [-0.15, -0.1) is 0 Å². The van der Waals surface area contributed by atoms with Gasteiger partial charge in [-0.3, -0.25) is 9.59 Å². The number of rotatable bonds is 11. The third kappa shape index (κ3) is 10.8. The number of carboxylic acids is 1. The summed E-state index contributed by atoms with van der Waals surface area (Å²) in [5, 5.41) is 19.6. The molecule has 2 amide bonds. The molecule has 0 aliphatic rings. The van der Waals surface area contributed by atoms with Crippen LogP contribution >= 0.6 is 0 Å². The first-order valence-electron chi connectivity index (χ1n) is 15.3. The van der Waals surface area contributed by atoms with E-state index in [-0.39, 0.29) is 23.9 Å². The topological polar surface area (TPSA) is 116 Å². The molecule has 1 heterocycles. The normalized spacial score (nSPS) is 13.2. The van der Waals surface area contributed by atoms with Crippen LogP contribution in [0, 0.1) is 5.41 Å². The second-order valence-corrected chi connectivity index (χ2v) is 12.4. The zero-order valence-electron chi connectivity index (χ0n) is 29.2. The van der Waals surface area contributed by atoms with Crippen LogP contribution in [-0.2, 0) is 33.4 Å². The van der Waals surface area contributed by atoms with E-state index in [0.717, 1.165) is 23.0 Å². The van der Waals surface area contributed by atoms with Crippen LogP contribution in [-0.4, -0.2) is 72.1 Å². The van der Waals surface area contributed by atoms with Crippen LogP contribution in [0.3, 0.4) is 0 Å². The largest absolute Gasteiger partial charge is 0.478 e. The highest BCUT2D eigenvalue weighted by molar-refractivity contribution is 5.93. The number of fused-ring (bicyclic) bond motifs is 1. The number of benzene rings is 1. The summed E-state index contributed by atoms with van der Waals surface area (Å²) in [5.74, 6) is -1.59. The van der Waals surface area contributed by atoms with Crippen molar-refractivity contribution in [1.82, 2.24) is 25.4 Å². The minimum absolute atomic E-state index is 0.131. The first-order valence-corrected chi connectivity index (χ1v) is 15.3. The number of carbonyl (C=O) groups excluding carboxylic acids is 2. The summed E-state index contributed by atoms with van der Waals surface area (Å²) >= 11 is 0. The first-order chi connectivity index (χ1) is 20.0. The number of carboxylic acid groups (broad SMARTS) is 1. The van der Waals surface area contributed by atoms with Crippen molar-refractivity contribution < 1.29 is 19.5 Å². The zero-order chi connectivity index (χ0) is 33.7. The molecule has 9 nitrogen and oxygen atoms in total. The minimum Gasteiger partial charge on any atom is -0.478 e. The van der Waals surface area contributed by atoms with Crippen LogP contribution in [0.1, 0.15) is 86.8 Å². The van der Waals surface area contributed by atoms with Crippen molar-refractivity contribution in [3.8, 4) is 0 Å². The molecule has 0 saturated carbocycles. The molecule has 0 bridgehead atoms. The fourth-order valence-corrected chi connectivity index (χ4v) is 4.78. The van der Waals surface area contributed by atoms with Crippen LogP contribution < -0.4 is 16.0 Å². The number of amides is 2. The van der Waals surface area contributed by atoms with E-state index in [1.807, 2.05) is 62.6 Å². The van der Waals surface area contributed by atoms with E-state index in [1.165, 1.54) is 29.9 Å². The Bertz CT molecular complexity index is 1220. The molecule has 1 aromatic heterocycles. The molecule has 9 heteroatoms. The second-order valence-electron chi connectivity index (χ2n) is 12.4. The van der Waals surface area contributed by atoms with Crippen molar-refractivity contribution >= 4 is 28.7 Å². The predicted molar refractivity (Wildman–Crippen MR) is 179 cm³/mol. The number of nitrogens with one attached hydrogen (secondary N) is 3. The van der Waals surface area contributed by atoms with E-state index < -0.39 is 28.9 Å². The van der Waals surface area contributed by atoms with Crippen LogP contribution in [0.5, 0.6) is 0 Å². The molecule has 0 saturated heterocycles. The van der Waals surface area contributed by atoms with E-state index in [4.69, 9.17) is 5.11 Å². The maximum absolute atomic E-state index is 13.8. The number of aromatic nitrogens is 1. The molecule has 2 atom stereocenters. The maximum Gasteiger partial charge on any atom is 0.331 e. The fourth-order valence-electron chi connectivity index (χ4n) is 4.78. The van der Waals surface area contributed by atoms with Crippen LogP contribution in [0.2, 0.25) is 0 Å². The molecule has 0 fully saturated rings. The number of carbonyl (C=O) groups is 3. The van der Waals surface area contributed by atoms with E-state index >= 15 is 0 Å². The first kappa shape index (κ1) is 39.8. The Kier molecular flexibility index (Phi) is 16.5. The van der Waals surface area contributed by atoms with Gasteiger partial charge in [0.1, 0.15) is 6.04 Å². The Balaban J connectivity index is 0.00000331. The molecule has 2 rings (SSSR count). The Morgan fingerprint density at radius 1 is 1.05 bits per heavy atom. The summed E-state index contributed by atoms with van der Waals surface area (Å²) in [4.78, 5) is 39.7. The smallest absolute Gasteiger partial charge is 0.331 e. The highest BCUT2D eigenvalue weighted by Crippen LogP contribution is 2.35. The van der Waals surface area contributed by atoms with Crippen molar-refractivity contribution in [2.24, 2.45) is 12.5 Å². The highest BCUT2D eigenvalue weighted by Gasteiger charge is 2.41. The lowest BCUT2D eigenvalue weighted by atomic mass is 9.76. The average Bonchev–Trinajstić information content (AvgIpc) is 3.27. The number of hydrogen-bond donors (Lipinski definition) is 4. The van der Waals surface area contributed by atoms with E-state index in [1.54, 1.807) is 14.1 Å². The summed E-state index contributed by atoms with van der Waals surface area (Å²) < 4.78 is 2.08. The molecule has 1 aromatic carbocycles. The summed E-state index contributed by atoms with van der Waals surface area (Å²) in [6.45, 7) is 20.4. The molecule has 43 heavy (non-hydrogen) atoms. The zero-order valence-corrected chi connectivity index (χ0v) is 29.2. The van der Waals surface area contributed by atoms with Crippen molar-refractivity contribution in [3.05, 3.63) is 47.2 Å². The van der Waals surface area contributed by atoms with Crippen molar-refractivity contribution in [2.75, 3.05) is 27.7 Å². The Hall–Kier alpha value is -3.17. The fraction of sp³-hybridized carbons (Fsp3) is 0.618. The Morgan fingerprint density at radius 2 is 1.60 bits per heavy atom. The van der Waals surface area contributed by atoms with Crippen molar-refractivity contribution in [3.63, 3.8) is 0 Å². The van der Waals surface area contributed by atoms with Gasteiger partial charge in [0.25, 0.3) is 0 Å². The molecule has 0 aliphatic heterocycles. The molecule has 4 N–H and O–H groups in total. The molecule has 2 unspecified atom stereocenters. The van der Waals surface area contributed by atoms with Gasteiger partial charge in [-0.25, -0.2) is 4.79 Å². The molecule has 0 radical (unpaired) electrons. The monoisotopic (exact) mass is 601 g/mol. The quantitative estimate of drug-likeness (QED) is 0.262. The van der Waals surface area contributed by atoms with Gasteiger partial charge in [0.15, 0.2) is 0 Å². The van der Waals surface area contributed by atoms with E-state index in [9.17, 15) is 14.4 Å². The third-order valence-electron chi connectivity index (χ3n) is 7.19. The molecule has 0 aliphatic carbocycles. The number of likely N-dealkylation sites (N-methyl/N-ethyl adjacent to an activating group) is 2. The summed E-state index contributed by atoms with van der Waals surface area (Å²) in [6, 6.07) is 4.93. The van der Waals surface area contributed by atoms with Crippen LogP contribution in [0.15, 0.2) is 36.0 Å². The summed E-state index contributed by atoms with van der Waals surface area (Å²) in [6.07, 6.45) is 4.81. The average molecular weight is 602 g/mol. The Morgan fingerprint density at radius 3 is 2.07 bits per heavy atom. The van der Waals surface area contributed by atoms with Crippen molar-refractivity contribution in [1.29, 1.82) is 0 Å². The summed E-state index contributed by atoms with van der Waals surface area (Å²) in [5.41, 5.74) is 2.28. The maximum atomic E-state index is 13.8. The lowest BCUT2D eigenvalue weighted by Crippen LogP contribution is -2.60. The van der Waals surface area contributed by atoms with Crippen LogP contribution in [0.4, 0.5) is 0 Å². The lowest BCUT2D eigenvalue weighted by Gasteiger charge is -2.38. The van der Waals surface area contributed by atoms with Gasteiger partial charge in [-0.1, -0.05) is 86.9 Å². The highest BCUT2D eigenvalue weighted by atomic mass is 16.4. The minimum atomic E-state index is -1.03. The number of hydrogen-bond acceptors (Lipinski definition) is 5. The van der Waals surface area contributed by atoms with Gasteiger partial charge in [0.05, 0.1) is 6.04 Å². The van der Waals surface area contributed by atoms with Gasteiger partial charge in [0, 0.05) is 55.3 Å². The van der Waals surface area contributed by atoms with Gasteiger partial charge < -0.3 is 30.5 Å². The van der Waals surface area contributed by atoms with Crippen LogP contribution in [0.25, 0.3) is 10.9 Å². The molecule has 2 aromatic rings.